The van der Waals surface area contributed by atoms with E-state index in [0.717, 1.165) is 32.3 Å². The molecule has 7 N–H and O–H groups in total. The normalized spacial score (nSPS) is 11.5. The van der Waals surface area contributed by atoms with Gasteiger partial charge in [-0.25, -0.2) is 23.8 Å². The Morgan fingerprint density at radius 1 is 0.804 bits per heavy atom. The Hall–Kier alpha value is -4.31. The van der Waals surface area contributed by atoms with Crippen molar-refractivity contribution in [3.05, 3.63) is 91.2 Å². The first kappa shape index (κ1) is 39.5. The molecule has 0 aromatic carbocycles. The summed E-state index contributed by atoms with van der Waals surface area (Å²) >= 11 is 18.0. The van der Waals surface area contributed by atoms with E-state index in [1.165, 1.54) is 0 Å². The Morgan fingerprint density at radius 2 is 1.39 bits per heavy atom. The third-order valence-electron chi connectivity index (χ3n) is 6.01. The fourth-order valence-corrected chi connectivity index (χ4v) is 5.40. The quantitative estimate of drug-likeness (QED) is 0.0928. The second-order valence-electron chi connectivity index (χ2n) is 9.94. The maximum absolute atomic E-state index is 11.5. The highest BCUT2D eigenvalue weighted by molar-refractivity contribution is 9.11. The largest absolute Gasteiger partial charge is 0.450 e. The summed E-state index contributed by atoms with van der Waals surface area (Å²) in [4.78, 5) is 38.7. The molecule has 1 saturated carbocycles. The van der Waals surface area contributed by atoms with E-state index in [0.29, 0.717) is 34.4 Å². The predicted octanol–water partition coefficient (Wildman–Crippen LogP) is 6.63. The van der Waals surface area contributed by atoms with Crippen molar-refractivity contribution in [2.75, 3.05) is 28.7 Å². The van der Waals surface area contributed by atoms with E-state index in [1.807, 2.05) is 48.5 Å². The van der Waals surface area contributed by atoms with Gasteiger partial charge in [-0.1, -0.05) is 24.3 Å². The number of anilines is 4. The van der Waals surface area contributed by atoms with Crippen LogP contribution < -0.4 is 27.4 Å². The van der Waals surface area contributed by atoms with E-state index >= 15 is 0 Å². The van der Waals surface area contributed by atoms with Crippen molar-refractivity contribution in [1.82, 2.24) is 44.5 Å². The van der Waals surface area contributed by atoms with Crippen molar-refractivity contribution in [2.24, 2.45) is 5.92 Å². The monoisotopic (exact) mass is 967 g/mol. The van der Waals surface area contributed by atoms with Crippen LogP contribution in [0.15, 0.2) is 91.2 Å². The average molecular weight is 971 g/mol. The number of hydrogen-bond acceptors (Lipinski definition) is 12. The lowest BCUT2D eigenvalue weighted by Crippen LogP contribution is -2.34. The fourth-order valence-electron chi connectivity index (χ4n) is 3.68. The number of nitrogens with two attached hydrogens (primary N) is 2. The van der Waals surface area contributed by atoms with Crippen molar-refractivity contribution in [3.63, 3.8) is 0 Å². The smallest absolute Gasteiger partial charge is 0.413 e. The van der Waals surface area contributed by atoms with Crippen LogP contribution in [0, 0.1) is 5.92 Å². The van der Waals surface area contributed by atoms with Crippen LogP contribution >= 0.6 is 75.9 Å². The first-order valence-electron chi connectivity index (χ1n) is 14.8. The number of alkyl carbamates (subject to hydrolysis) is 1. The number of rotatable bonds is 4. The molecule has 1 aliphatic rings. The zero-order valence-electron chi connectivity index (χ0n) is 26.5. The highest BCUT2D eigenvalue weighted by Crippen LogP contribution is 2.29. The number of carbonyl (C=O) groups excluding carboxylic acids is 2. The molecule has 16 nitrogen and oxygen atoms in total. The minimum absolute atomic E-state index is 0.0204. The minimum atomic E-state index is -0.588. The SMILES string of the molecule is CCOC(=O)NC(=S)Nc1cccc(Br)n1.Nc1cccc(Br)n1.Nc1nc2cccc(Br)n2n1.O=C(Nc1nc2cccc(Br)n2n1)C1CC1. The van der Waals surface area contributed by atoms with Crippen LogP contribution in [-0.4, -0.2) is 62.9 Å². The van der Waals surface area contributed by atoms with Crippen molar-refractivity contribution in [3.8, 4) is 0 Å². The van der Waals surface area contributed by atoms with Gasteiger partial charge in [0.05, 0.1) is 6.61 Å². The Labute approximate surface area is 330 Å². The topological polar surface area (TPSA) is 218 Å². The molecule has 6 aromatic rings. The summed E-state index contributed by atoms with van der Waals surface area (Å²) in [7, 11) is 0. The standard InChI is InChI=1S/C10H9BrN4O.C9H10BrN3O2S.C6H5BrN4.C5H5BrN2/c11-7-2-1-3-8-12-10(14-15(7)8)13-9(16)6-4-5-6;1-2-15-9(14)13-8(16)12-7-5-3-4-6(10)11-7;7-4-2-1-3-5-9-6(8)10-11(4)5;6-4-2-1-3-5(7)8-4/h1-3,6H,4-5H2,(H,13,14,16);3-5H,2H2,1H3,(H2,11,12,13,14,16);1-3H,(H2,8,10);1-3H,(H2,7,8). The summed E-state index contributed by atoms with van der Waals surface area (Å²) in [6.07, 6.45) is 1.36. The van der Waals surface area contributed by atoms with Gasteiger partial charge in [0, 0.05) is 5.92 Å². The van der Waals surface area contributed by atoms with E-state index in [-0.39, 0.29) is 22.9 Å². The average Bonchev–Trinajstić information content (AvgIpc) is 3.73. The molecule has 0 atom stereocenters. The molecule has 2 amide bonds. The molecule has 266 valence electrons. The van der Waals surface area contributed by atoms with E-state index < -0.39 is 6.09 Å². The Balaban J connectivity index is 0.000000157. The summed E-state index contributed by atoms with van der Waals surface area (Å²) < 4.78 is 11.1. The van der Waals surface area contributed by atoms with Crippen LogP contribution in [0.3, 0.4) is 0 Å². The van der Waals surface area contributed by atoms with Gasteiger partial charge in [-0.05, 0) is 144 Å². The van der Waals surface area contributed by atoms with Gasteiger partial charge in [0.15, 0.2) is 16.4 Å². The van der Waals surface area contributed by atoms with E-state index in [9.17, 15) is 9.59 Å². The minimum Gasteiger partial charge on any atom is -0.450 e. The number of fused-ring (bicyclic) bond motifs is 2. The first-order chi connectivity index (χ1) is 24.4. The number of nitrogens with zero attached hydrogens (tertiary/aromatic N) is 8. The van der Waals surface area contributed by atoms with Gasteiger partial charge >= 0.3 is 6.09 Å². The summed E-state index contributed by atoms with van der Waals surface area (Å²) in [5, 5.41) is 16.1. The Kier molecular flexibility index (Phi) is 15.0. The number of ether oxygens (including phenoxy) is 1. The van der Waals surface area contributed by atoms with E-state index in [4.69, 9.17) is 23.7 Å². The van der Waals surface area contributed by atoms with Gasteiger partial charge in [-0.2, -0.15) is 9.97 Å². The van der Waals surface area contributed by atoms with Gasteiger partial charge in [0.25, 0.3) is 0 Å². The molecule has 51 heavy (non-hydrogen) atoms. The van der Waals surface area contributed by atoms with Gasteiger partial charge in [0.2, 0.25) is 17.8 Å². The molecule has 0 aliphatic heterocycles. The zero-order chi connectivity index (χ0) is 36.9. The highest BCUT2D eigenvalue weighted by atomic mass is 79.9. The summed E-state index contributed by atoms with van der Waals surface area (Å²) in [5.74, 6) is 1.92. The third kappa shape index (κ3) is 13.1. The number of nitrogens with one attached hydrogen (secondary N) is 3. The van der Waals surface area contributed by atoms with Crippen LogP contribution in [0.4, 0.5) is 28.3 Å². The zero-order valence-corrected chi connectivity index (χ0v) is 33.7. The maximum Gasteiger partial charge on any atom is 0.413 e. The Bertz CT molecular complexity index is 2110. The second kappa shape index (κ2) is 19.3. The van der Waals surface area contributed by atoms with Crippen molar-refractivity contribution < 1.29 is 14.3 Å². The Morgan fingerprint density at radius 3 is 1.92 bits per heavy atom. The summed E-state index contributed by atoms with van der Waals surface area (Å²) in [6, 6.07) is 21.9. The number of pyridine rings is 4. The molecule has 7 rings (SSSR count). The molecule has 6 heterocycles. The summed E-state index contributed by atoms with van der Waals surface area (Å²) in [6.45, 7) is 2.01. The molecular formula is C30H29Br4N13O3S. The van der Waals surface area contributed by atoms with Gasteiger partial charge in [-0.15, -0.1) is 10.2 Å². The number of halogens is 4. The number of thiocarbonyl (C=S) groups is 1. The molecule has 0 saturated heterocycles. The number of aromatic nitrogens is 8. The van der Waals surface area contributed by atoms with E-state index in [1.54, 1.807) is 40.2 Å². The third-order valence-corrected chi connectivity index (χ3v) is 8.30. The highest BCUT2D eigenvalue weighted by Gasteiger charge is 2.30. The molecule has 0 unspecified atom stereocenters. The van der Waals surface area contributed by atoms with Crippen LogP contribution in [0.2, 0.25) is 0 Å². The predicted molar refractivity (Wildman–Crippen MR) is 212 cm³/mol. The second-order valence-corrected chi connectivity index (χ2v) is 13.6. The molecular weight excluding hydrogens is 942 g/mol. The maximum atomic E-state index is 11.5. The number of nitrogen functional groups attached to an aromatic ring is 2. The summed E-state index contributed by atoms with van der Waals surface area (Å²) in [5.41, 5.74) is 12.2. The van der Waals surface area contributed by atoms with Crippen LogP contribution in [-0.2, 0) is 9.53 Å². The van der Waals surface area contributed by atoms with Crippen LogP contribution in [0.1, 0.15) is 19.8 Å². The van der Waals surface area contributed by atoms with Crippen LogP contribution in [0.5, 0.6) is 0 Å². The lowest BCUT2D eigenvalue weighted by Gasteiger charge is -2.08. The number of amides is 2. The number of carbonyl (C=O) groups is 2. The van der Waals surface area contributed by atoms with Crippen LogP contribution in [0.25, 0.3) is 11.3 Å². The fraction of sp³-hybridized carbons (Fsp3) is 0.167. The van der Waals surface area contributed by atoms with Crippen molar-refractivity contribution in [2.45, 2.75) is 19.8 Å². The molecule has 0 radical (unpaired) electrons. The molecule has 6 aromatic heterocycles. The van der Waals surface area contributed by atoms with Crippen molar-refractivity contribution in [1.29, 1.82) is 0 Å². The van der Waals surface area contributed by atoms with Gasteiger partial charge in [-0.3, -0.25) is 15.4 Å². The molecule has 0 bridgehead atoms. The van der Waals surface area contributed by atoms with Crippen molar-refractivity contribution >= 4 is 128 Å². The molecule has 1 aliphatic carbocycles. The molecule has 1 fully saturated rings. The lowest BCUT2D eigenvalue weighted by atomic mass is 10.4. The lowest BCUT2D eigenvalue weighted by molar-refractivity contribution is -0.117. The van der Waals surface area contributed by atoms with Gasteiger partial charge < -0.3 is 21.5 Å². The van der Waals surface area contributed by atoms with Gasteiger partial charge in [0.1, 0.15) is 30.0 Å². The first-order valence-corrected chi connectivity index (χ1v) is 18.3. The molecule has 21 heteroatoms. The van der Waals surface area contributed by atoms with E-state index in [2.05, 4.69) is 115 Å². The molecule has 0 spiro atoms. The number of hydrogen-bond donors (Lipinski definition) is 5.